The number of para-hydroxylation sites is 1. The second-order valence-corrected chi connectivity index (χ2v) is 9.17. The molecule has 4 heterocycles. The Labute approximate surface area is 194 Å². The highest BCUT2D eigenvalue weighted by atomic mass is 32.1. The van der Waals surface area contributed by atoms with E-state index in [1.165, 1.54) is 17.4 Å². The first-order valence-electron chi connectivity index (χ1n) is 10.8. The minimum absolute atomic E-state index is 0.136. The SMILES string of the molecule is C=CC(=O)N1CCC[C@@H](NC(=O)c2sc3nccc4c3c2NC(=O)N4c2ccccc2C)C1. The first-order chi connectivity index (χ1) is 16.0. The van der Waals surface area contributed by atoms with Crippen molar-refractivity contribution in [1.82, 2.24) is 15.2 Å². The number of piperidine rings is 1. The van der Waals surface area contributed by atoms with Gasteiger partial charge in [-0.2, -0.15) is 0 Å². The Balaban J connectivity index is 1.49. The maximum absolute atomic E-state index is 13.2. The van der Waals surface area contributed by atoms with E-state index in [-0.39, 0.29) is 23.9 Å². The number of pyridine rings is 1. The number of thiophene rings is 1. The van der Waals surface area contributed by atoms with E-state index in [0.29, 0.717) is 34.2 Å². The lowest BCUT2D eigenvalue weighted by molar-refractivity contribution is -0.127. The highest BCUT2D eigenvalue weighted by molar-refractivity contribution is 7.21. The molecule has 168 valence electrons. The van der Waals surface area contributed by atoms with Crippen molar-refractivity contribution in [3.8, 4) is 0 Å². The van der Waals surface area contributed by atoms with Crippen molar-refractivity contribution >= 4 is 56.5 Å². The highest BCUT2D eigenvalue weighted by Crippen LogP contribution is 2.46. The van der Waals surface area contributed by atoms with E-state index in [0.717, 1.165) is 29.5 Å². The van der Waals surface area contributed by atoms with Crippen molar-refractivity contribution < 1.29 is 14.4 Å². The molecule has 9 heteroatoms. The molecule has 2 aliphatic heterocycles. The van der Waals surface area contributed by atoms with Gasteiger partial charge in [0, 0.05) is 25.3 Å². The molecule has 1 fully saturated rings. The van der Waals surface area contributed by atoms with Crippen molar-refractivity contribution in [3.63, 3.8) is 0 Å². The molecule has 2 aliphatic rings. The molecule has 3 aromatic rings. The van der Waals surface area contributed by atoms with Crippen LogP contribution in [0.1, 0.15) is 28.1 Å². The Hall–Kier alpha value is -3.72. The van der Waals surface area contributed by atoms with Crippen molar-refractivity contribution in [2.24, 2.45) is 0 Å². The van der Waals surface area contributed by atoms with Crippen LogP contribution in [0.25, 0.3) is 10.2 Å². The third kappa shape index (κ3) is 3.64. The molecule has 1 atom stereocenters. The molecule has 0 unspecified atom stereocenters. The number of anilines is 3. The number of carbonyl (C=O) groups excluding carboxylic acids is 3. The van der Waals surface area contributed by atoms with Gasteiger partial charge in [0.1, 0.15) is 9.71 Å². The van der Waals surface area contributed by atoms with Gasteiger partial charge < -0.3 is 15.5 Å². The number of nitrogens with one attached hydrogen (secondary N) is 2. The third-order valence-corrected chi connectivity index (χ3v) is 7.15. The van der Waals surface area contributed by atoms with Crippen LogP contribution in [-0.2, 0) is 4.79 Å². The molecule has 33 heavy (non-hydrogen) atoms. The fourth-order valence-corrected chi connectivity index (χ4v) is 5.50. The number of hydrogen-bond acceptors (Lipinski definition) is 5. The van der Waals surface area contributed by atoms with Gasteiger partial charge in [0.25, 0.3) is 5.91 Å². The van der Waals surface area contributed by atoms with Gasteiger partial charge in [0.05, 0.1) is 22.4 Å². The number of aromatic nitrogens is 1. The number of nitrogens with zero attached hydrogens (tertiary/aromatic N) is 3. The zero-order valence-corrected chi connectivity index (χ0v) is 18.9. The first kappa shape index (κ1) is 21.1. The Kier molecular flexibility index (Phi) is 5.33. The lowest BCUT2D eigenvalue weighted by atomic mass is 10.1. The summed E-state index contributed by atoms with van der Waals surface area (Å²) in [5, 5.41) is 6.71. The average Bonchev–Trinajstić information content (AvgIpc) is 3.19. The van der Waals surface area contributed by atoms with Crippen LogP contribution in [0, 0.1) is 6.92 Å². The van der Waals surface area contributed by atoms with Crippen LogP contribution in [0.5, 0.6) is 0 Å². The number of urea groups is 1. The number of benzene rings is 1. The monoisotopic (exact) mass is 461 g/mol. The summed E-state index contributed by atoms with van der Waals surface area (Å²) in [6, 6.07) is 8.97. The van der Waals surface area contributed by atoms with Gasteiger partial charge in [0.2, 0.25) is 5.91 Å². The molecule has 1 aromatic carbocycles. The smallest absolute Gasteiger partial charge is 0.331 e. The van der Waals surface area contributed by atoms with E-state index in [1.54, 1.807) is 22.1 Å². The molecule has 5 rings (SSSR count). The maximum Gasteiger partial charge on any atom is 0.331 e. The normalized spacial score (nSPS) is 17.6. The molecule has 2 aromatic heterocycles. The minimum Gasteiger partial charge on any atom is -0.347 e. The summed E-state index contributed by atoms with van der Waals surface area (Å²) in [4.78, 5) is 47.3. The van der Waals surface area contributed by atoms with Crippen molar-refractivity contribution in [1.29, 1.82) is 0 Å². The average molecular weight is 462 g/mol. The van der Waals surface area contributed by atoms with Crippen LogP contribution < -0.4 is 15.5 Å². The Morgan fingerprint density at radius 2 is 2.09 bits per heavy atom. The summed E-state index contributed by atoms with van der Waals surface area (Å²) >= 11 is 1.25. The topological polar surface area (TPSA) is 94.6 Å². The molecule has 4 amide bonds. The highest BCUT2D eigenvalue weighted by Gasteiger charge is 2.34. The molecule has 0 radical (unpaired) electrons. The molecule has 1 saturated heterocycles. The van der Waals surface area contributed by atoms with E-state index < -0.39 is 0 Å². The Morgan fingerprint density at radius 3 is 2.88 bits per heavy atom. The van der Waals surface area contributed by atoms with E-state index >= 15 is 0 Å². The zero-order valence-electron chi connectivity index (χ0n) is 18.1. The molecule has 0 bridgehead atoms. The van der Waals surface area contributed by atoms with Crippen LogP contribution >= 0.6 is 11.3 Å². The molecular formula is C24H23N5O3S. The summed E-state index contributed by atoms with van der Waals surface area (Å²) in [5.74, 6) is -0.412. The number of carbonyl (C=O) groups is 3. The molecule has 2 N–H and O–H groups in total. The van der Waals surface area contributed by atoms with Crippen LogP contribution in [0.3, 0.4) is 0 Å². The van der Waals surface area contributed by atoms with Gasteiger partial charge in [-0.25, -0.2) is 9.78 Å². The summed E-state index contributed by atoms with van der Waals surface area (Å²) in [6.45, 7) is 6.59. The second kappa shape index (κ2) is 8.32. The Morgan fingerprint density at radius 1 is 1.27 bits per heavy atom. The van der Waals surface area contributed by atoms with Crippen LogP contribution in [0.15, 0.2) is 49.2 Å². The number of rotatable bonds is 4. The molecule has 0 spiro atoms. The number of likely N-dealkylation sites (tertiary alicyclic amines) is 1. The number of amides is 4. The number of aryl methyl sites for hydroxylation is 1. The van der Waals surface area contributed by atoms with Gasteiger partial charge in [-0.05, 0) is 43.5 Å². The van der Waals surface area contributed by atoms with Crippen molar-refractivity contribution in [2.75, 3.05) is 23.3 Å². The quantitative estimate of drug-likeness (QED) is 0.570. The number of hydrogen-bond donors (Lipinski definition) is 2. The summed E-state index contributed by atoms with van der Waals surface area (Å²) in [6.07, 6.45) is 4.54. The van der Waals surface area contributed by atoms with E-state index in [9.17, 15) is 14.4 Å². The minimum atomic E-state index is -0.322. The van der Waals surface area contributed by atoms with E-state index in [2.05, 4.69) is 22.2 Å². The fourth-order valence-electron chi connectivity index (χ4n) is 4.47. The standard InChI is InChI=1S/C24H23N5O3S/c1-3-18(30)28-12-6-8-15(13-28)26-22(31)21-20-19-17(10-11-25-23(19)33-21)29(24(32)27-20)16-9-5-4-7-14(16)2/h3-5,7,9-11,15H,1,6,8,12-13H2,2H3,(H,26,31)(H,27,32)/t15-/m1/s1. The summed E-state index contributed by atoms with van der Waals surface area (Å²) in [5.41, 5.74) is 2.92. The van der Waals surface area contributed by atoms with Crippen LogP contribution in [0.2, 0.25) is 0 Å². The predicted octanol–water partition coefficient (Wildman–Crippen LogP) is 4.20. The van der Waals surface area contributed by atoms with Gasteiger partial charge in [-0.15, -0.1) is 11.3 Å². The molecular weight excluding hydrogens is 438 g/mol. The van der Waals surface area contributed by atoms with Gasteiger partial charge in [-0.3, -0.25) is 14.5 Å². The van der Waals surface area contributed by atoms with Crippen LogP contribution in [-0.4, -0.2) is 46.9 Å². The Bertz CT molecular complexity index is 1300. The molecule has 8 nitrogen and oxygen atoms in total. The summed E-state index contributed by atoms with van der Waals surface area (Å²) < 4.78 is 0. The molecule has 0 saturated carbocycles. The van der Waals surface area contributed by atoms with Gasteiger partial charge in [-0.1, -0.05) is 24.8 Å². The predicted molar refractivity (Wildman–Crippen MR) is 129 cm³/mol. The zero-order chi connectivity index (χ0) is 23.1. The fraction of sp³-hybridized carbons (Fsp3) is 0.250. The summed E-state index contributed by atoms with van der Waals surface area (Å²) in [7, 11) is 0. The van der Waals surface area contributed by atoms with E-state index in [4.69, 9.17) is 0 Å². The lowest BCUT2D eigenvalue weighted by Crippen LogP contribution is -2.49. The van der Waals surface area contributed by atoms with Gasteiger partial charge in [0.15, 0.2) is 0 Å². The maximum atomic E-state index is 13.2. The van der Waals surface area contributed by atoms with Crippen molar-refractivity contribution in [3.05, 3.63) is 59.6 Å². The van der Waals surface area contributed by atoms with Gasteiger partial charge >= 0.3 is 6.03 Å². The largest absolute Gasteiger partial charge is 0.347 e. The van der Waals surface area contributed by atoms with E-state index in [1.807, 2.05) is 31.2 Å². The second-order valence-electron chi connectivity index (χ2n) is 8.17. The first-order valence-corrected chi connectivity index (χ1v) is 11.6. The van der Waals surface area contributed by atoms with Crippen LogP contribution in [0.4, 0.5) is 21.9 Å². The van der Waals surface area contributed by atoms with Crippen molar-refractivity contribution in [2.45, 2.75) is 25.8 Å². The lowest BCUT2D eigenvalue weighted by Gasteiger charge is -2.32. The molecule has 0 aliphatic carbocycles. The third-order valence-electron chi connectivity index (χ3n) is 6.05.